The summed E-state index contributed by atoms with van der Waals surface area (Å²) >= 11 is 6.67. The molecular formula is C11H10Br2FN3. The molecule has 2 rings (SSSR count). The fourth-order valence-electron chi connectivity index (χ4n) is 1.67. The molecule has 0 aliphatic rings. The molecule has 0 spiro atoms. The zero-order valence-corrected chi connectivity index (χ0v) is 12.2. The summed E-state index contributed by atoms with van der Waals surface area (Å²) in [7, 11) is 1.77. The number of aromatic nitrogens is 2. The summed E-state index contributed by atoms with van der Waals surface area (Å²) in [5.41, 5.74) is 7.25. The summed E-state index contributed by atoms with van der Waals surface area (Å²) in [6, 6.07) is 4.15. The third kappa shape index (κ3) is 2.43. The number of benzene rings is 1. The summed E-state index contributed by atoms with van der Waals surface area (Å²) < 4.78 is 16.9. The van der Waals surface area contributed by atoms with E-state index in [0.717, 1.165) is 14.6 Å². The first-order valence-corrected chi connectivity index (χ1v) is 6.47. The van der Waals surface area contributed by atoms with Crippen LogP contribution < -0.4 is 5.73 Å². The third-order valence-corrected chi connectivity index (χ3v) is 3.63. The van der Waals surface area contributed by atoms with Crippen molar-refractivity contribution in [2.24, 2.45) is 12.8 Å². The topological polar surface area (TPSA) is 43.8 Å². The van der Waals surface area contributed by atoms with E-state index < -0.39 is 6.04 Å². The standard InChI is InChI=1S/C11H10Br2FN3/c1-17-11(8(13)5-16-17)10(15)7-4-6(12)2-3-9(7)14/h2-5,10H,15H2,1H3. The first-order valence-electron chi connectivity index (χ1n) is 4.88. The highest BCUT2D eigenvalue weighted by Crippen LogP contribution is 2.29. The molecule has 0 amide bonds. The van der Waals surface area contributed by atoms with E-state index in [0.29, 0.717) is 5.56 Å². The third-order valence-electron chi connectivity index (χ3n) is 2.53. The maximum atomic E-state index is 13.7. The Balaban J connectivity index is 2.50. The Kier molecular flexibility index (Phi) is 3.65. The summed E-state index contributed by atoms with van der Waals surface area (Å²) in [6.45, 7) is 0. The van der Waals surface area contributed by atoms with Crippen molar-refractivity contribution in [2.45, 2.75) is 6.04 Å². The van der Waals surface area contributed by atoms with E-state index in [1.807, 2.05) is 0 Å². The highest BCUT2D eigenvalue weighted by molar-refractivity contribution is 9.10. The fraction of sp³-hybridized carbons (Fsp3) is 0.182. The molecule has 1 heterocycles. The summed E-state index contributed by atoms with van der Waals surface area (Å²) in [5.74, 6) is -0.325. The maximum absolute atomic E-state index is 13.7. The zero-order chi connectivity index (χ0) is 12.6. The lowest BCUT2D eigenvalue weighted by Gasteiger charge is -2.14. The smallest absolute Gasteiger partial charge is 0.128 e. The minimum absolute atomic E-state index is 0.325. The van der Waals surface area contributed by atoms with Crippen LogP contribution in [0, 0.1) is 5.82 Å². The molecule has 1 unspecified atom stereocenters. The predicted molar refractivity (Wildman–Crippen MR) is 71.0 cm³/mol. The maximum Gasteiger partial charge on any atom is 0.128 e. The highest BCUT2D eigenvalue weighted by atomic mass is 79.9. The minimum atomic E-state index is -0.561. The first-order chi connectivity index (χ1) is 8.00. The largest absolute Gasteiger partial charge is 0.319 e. The number of rotatable bonds is 2. The SMILES string of the molecule is Cn1ncc(Br)c1C(N)c1cc(Br)ccc1F. The van der Waals surface area contributed by atoms with Crippen molar-refractivity contribution in [3.05, 3.63) is 50.4 Å². The number of nitrogens with zero attached hydrogens (tertiary/aromatic N) is 2. The van der Waals surface area contributed by atoms with Crippen molar-refractivity contribution in [3.8, 4) is 0 Å². The van der Waals surface area contributed by atoms with E-state index in [-0.39, 0.29) is 5.82 Å². The van der Waals surface area contributed by atoms with E-state index in [9.17, 15) is 4.39 Å². The summed E-state index contributed by atoms with van der Waals surface area (Å²) in [6.07, 6.45) is 1.64. The van der Waals surface area contributed by atoms with Crippen LogP contribution >= 0.6 is 31.9 Å². The van der Waals surface area contributed by atoms with Gasteiger partial charge in [-0.05, 0) is 34.1 Å². The van der Waals surface area contributed by atoms with Crippen LogP contribution in [0.15, 0.2) is 33.3 Å². The molecule has 1 aromatic heterocycles. The molecule has 3 nitrogen and oxygen atoms in total. The fourth-order valence-corrected chi connectivity index (χ4v) is 2.64. The van der Waals surface area contributed by atoms with Crippen LogP contribution in [0.2, 0.25) is 0 Å². The van der Waals surface area contributed by atoms with Crippen LogP contribution in [0.1, 0.15) is 17.3 Å². The molecule has 0 bridgehead atoms. The Morgan fingerprint density at radius 2 is 2.12 bits per heavy atom. The van der Waals surface area contributed by atoms with Crippen molar-refractivity contribution < 1.29 is 4.39 Å². The van der Waals surface area contributed by atoms with Crippen molar-refractivity contribution in [1.82, 2.24) is 9.78 Å². The van der Waals surface area contributed by atoms with Gasteiger partial charge in [0.25, 0.3) is 0 Å². The van der Waals surface area contributed by atoms with Gasteiger partial charge in [0, 0.05) is 17.1 Å². The van der Waals surface area contributed by atoms with Gasteiger partial charge >= 0.3 is 0 Å². The van der Waals surface area contributed by atoms with Crippen molar-refractivity contribution in [2.75, 3.05) is 0 Å². The molecule has 90 valence electrons. The second-order valence-corrected chi connectivity index (χ2v) is 5.41. The van der Waals surface area contributed by atoms with Gasteiger partial charge < -0.3 is 5.73 Å². The van der Waals surface area contributed by atoms with Gasteiger partial charge in [0.1, 0.15) is 5.82 Å². The molecule has 6 heteroatoms. The Hall–Kier alpha value is -0.720. The van der Waals surface area contributed by atoms with Gasteiger partial charge in [0.05, 0.1) is 22.4 Å². The molecule has 17 heavy (non-hydrogen) atoms. The van der Waals surface area contributed by atoms with Gasteiger partial charge in [-0.3, -0.25) is 4.68 Å². The predicted octanol–water partition coefficient (Wildman–Crippen LogP) is 3.13. The van der Waals surface area contributed by atoms with E-state index in [1.54, 1.807) is 30.1 Å². The van der Waals surface area contributed by atoms with Crippen LogP contribution in [0.5, 0.6) is 0 Å². The lowest BCUT2D eigenvalue weighted by Crippen LogP contribution is -2.17. The summed E-state index contributed by atoms with van der Waals surface area (Å²) in [4.78, 5) is 0. The number of aryl methyl sites for hydroxylation is 1. The number of nitrogens with two attached hydrogens (primary N) is 1. The van der Waals surface area contributed by atoms with Gasteiger partial charge in [-0.15, -0.1) is 0 Å². The number of halogens is 3. The second kappa shape index (κ2) is 4.88. The lowest BCUT2D eigenvalue weighted by atomic mass is 10.0. The summed E-state index contributed by atoms with van der Waals surface area (Å²) in [5, 5.41) is 4.07. The normalized spacial score (nSPS) is 12.8. The number of hydrogen-bond donors (Lipinski definition) is 1. The monoisotopic (exact) mass is 361 g/mol. The average Bonchev–Trinajstić information content (AvgIpc) is 2.61. The van der Waals surface area contributed by atoms with Crippen LogP contribution in [-0.2, 0) is 7.05 Å². The molecule has 0 fully saturated rings. The number of hydrogen-bond acceptors (Lipinski definition) is 2. The molecule has 0 aliphatic carbocycles. The van der Waals surface area contributed by atoms with Crippen LogP contribution in [0.25, 0.3) is 0 Å². The molecular weight excluding hydrogens is 353 g/mol. The molecule has 2 N–H and O–H groups in total. The zero-order valence-electron chi connectivity index (χ0n) is 8.99. The van der Waals surface area contributed by atoms with Gasteiger partial charge in [-0.25, -0.2) is 4.39 Å². The van der Waals surface area contributed by atoms with Gasteiger partial charge in [0.15, 0.2) is 0 Å². The molecule has 0 saturated carbocycles. The first kappa shape index (κ1) is 12.7. The average molecular weight is 363 g/mol. The van der Waals surface area contributed by atoms with E-state index in [1.165, 1.54) is 6.07 Å². The molecule has 1 aromatic carbocycles. The molecule has 0 radical (unpaired) electrons. The second-order valence-electron chi connectivity index (χ2n) is 3.64. The molecule has 2 aromatic rings. The molecule has 1 atom stereocenters. The van der Waals surface area contributed by atoms with Gasteiger partial charge in [-0.1, -0.05) is 15.9 Å². The van der Waals surface area contributed by atoms with Crippen molar-refractivity contribution in [3.63, 3.8) is 0 Å². The quantitative estimate of drug-likeness (QED) is 0.891. The Bertz CT molecular complexity index is 534. The lowest BCUT2D eigenvalue weighted by molar-refractivity contribution is 0.585. The van der Waals surface area contributed by atoms with Gasteiger partial charge in [-0.2, -0.15) is 5.10 Å². The van der Waals surface area contributed by atoms with Gasteiger partial charge in [0.2, 0.25) is 0 Å². The van der Waals surface area contributed by atoms with Crippen LogP contribution in [0.3, 0.4) is 0 Å². The minimum Gasteiger partial charge on any atom is -0.319 e. The van der Waals surface area contributed by atoms with E-state index >= 15 is 0 Å². The molecule has 0 aliphatic heterocycles. The van der Waals surface area contributed by atoms with Crippen molar-refractivity contribution in [1.29, 1.82) is 0 Å². The van der Waals surface area contributed by atoms with Crippen molar-refractivity contribution >= 4 is 31.9 Å². The highest BCUT2D eigenvalue weighted by Gasteiger charge is 2.20. The van der Waals surface area contributed by atoms with E-state index in [4.69, 9.17) is 5.73 Å². The van der Waals surface area contributed by atoms with E-state index in [2.05, 4.69) is 37.0 Å². The Labute approximate surface area is 115 Å². The van der Waals surface area contributed by atoms with Crippen LogP contribution in [0.4, 0.5) is 4.39 Å². The Morgan fingerprint density at radius 3 is 2.71 bits per heavy atom. The van der Waals surface area contributed by atoms with Crippen LogP contribution in [-0.4, -0.2) is 9.78 Å². The molecule has 0 saturated heterocycles. The Morgan fingerprint density at radius 1 is 1.41 bits per heavy atom.